The second-order valence-electron chi connectivity index (χ2n) is 1.74. The van der Waals surface area contributed by atoms with Gasteiger partial charge in [-0.3, -0.25) is 0 Å². The molecule has 0 aromatic heterocycles. The number of aliphatic hydroxyl groups is 1. The summed E-state index contributed by atoms with van der Waals surface area (Å²) >= 11 is 0. The average molecular weight is 181 g/mol. The van der Waals surface area contributed by atoms with Crippen molar-refractivity contribution in [3.05, 3.63) is 0 Å². The smallest absolute Gasteiger partial charge is 0.0701 e. The molecule has 0 fully saturated rings. The third kappa shape index (κ3) is 16.4. The van der Waals surface area contributed by atoms with Crippen LogP contribution in [0.15, 0.2) is 0 Å². The monoisotopic (exact) mass is 181 g/mol. The van der Waals surface area contributed by atoms with Crippen LogP contribution in [0.4, 0.5) is 0 Å². The van der Waals surface area contributed by atoms with E-state index in [2.05, 4.69) is 0 Å². The van der Waals surface area contributed by atoms with Gasteiger partial charge in [-0.15, -0.1) is 0 Å². The van der Waals surface area contributed by atoms with Crippen LogP contribution < -0.4 is 5.73 Å². The molecule has 0 radical (unpaired) electrons. The standard InChI is InChI=1S/C6H15NO3.C2H6.H2/c7-1-3-9-5-6-10-4-2-8;1-2;/h8H,1-7H2;1-2H3;1H. The lowest BCUT2D eigenvalue weighted by molar-refractivity contribution is 0.0354. The van der Waals surface area contributed by atoms with E-state index >= 15 is 0 Å². The summed E-state index contributed by atoms with van der Waals surface area (Å²) in [5, 5.41) is 8.28. The molecule has 0 aliphatic heterocycles. The van der Waals surface area contributed by atoms with Gasteiger partial charge in [0.2, 0.25) is 0 Å². The summed E-state index contributed by atoms with van der Waals surface area (Å²) in [4.78, 5) is 0. The summed E-state index contributed by atoms with van der Waals surface area (Å²) in [5.74, 6) is 0. The predicted octanol–water partition coefficient (Wildman–Crippen LogP) is 0.243. The molecule has 0 saturated carbocycles. The maximum atomic E-state index is 8.28. The topological polar surface area (TPSA) is 64.7 Å². The lowest BCUT2D eigenvalue weighted by Crippen LogP contribution is -2.12. The quantitative estimate of drug-likeness (QED) is 0.552. The Balaban J connectivity index is -0.000000309. The van der Waals surface area contributed by atoms with Crippen molar-refractivity contribution in [1.82, 2.24) is 0 Å². The van der Waals surface area contributed by atoms with Crippen LogP contribution >= 0.6 is 0 Å². The minimum Gasteiger partial charge on any atom is -0.394 e. The molecule has 0 atom stereocenters. The van der Waals surface area contributed by atoms with Gasteiger partial charge in [-0.25, -0.2) is 0 Å². The number of hydrogen-bond donors (Lipinski definition) is 2. The van der Waals surface area contributed by atoms with Crippen LogP contribution in [0, 0.1) is 0 Å². The van der Waals surface area contributed by atoms with Crippen LogP contribution in [0.1, 0.15) is 15.3 Å². The highest BCUT2D eigenvalue weighted by Gasteiger charge is 1.86. The van der Waals surface area contributed by atoms with Crippen molar-refractivity contribution < 1.29 is 16.0 Å². The van der Waals surface area contributed by atoms with Crippen LogP contribution in [0.25, 0.3) is 0 Å². The van der Waals surface area contributed by atoms with Crippen molar-refractivity contribution in [2.75, 3.05) is 39.6 Å². The zero-order chi connectivity index (χ0) is 9.66. The Morgan fingerprint density at radius 3 is 2.00 bits per heavy atom. The summed E-state index contributed by atoms with van der Waals surface area (Å²) in [7, 11) is 0. The van der Waals surface area contributed by atoms with Gasteiger partial charge in [0.05, 0.1) is 33.0 Å². The lowest BCUT2D eigenvalue weighted by atomic mass is 10.7. The molecule has 12 heavy (non-hydrogen) atoms. The van der Waals surface area contributed by atoms with E-state index in [0.717, 1.165) is 0 Å². The molecule has 3 N–H and O–H groups in total. The summed E-state index contributed by atoms with van der Waals surface area (Å²) < 4.78 is 9.91. The van der Waals surface area contributed by atoms with E-state index in [9.17, 15) is 0 Å². The number of aliphatic hydroxyl groups excluding tert-OH is 1. The third-order valence-corrected chi connectivity index (χ3v) is 0.870. The Morgan fingerprint density at radius 2 is 1.58 bits per heavy atom. The van der Waals surface area contributed by atoms with Crippen LogP contribution in [-0.2, 0) is 9.47 Å². The average Bonchev–Trinajstić information content (AvgIpc) is 2.15. The Bertz CT molecular complexity index is 59.4. The molecule has 0 bridgehead atoms. The Hall–Kier alpha value is -0.160. The minimum absolute atomic E-state index is 0. The molecule has 0 unspecified atom stereocenters. The molecule has 0 aromatic rings. The van der Waals surface area contributed by atoms with Crippen molar-refractivity contribution in [3.63, 3.8) is 0 Å². The van der Waals surface area contributed by atoms with Gasteiger partial charge in [0, 0.05) is 7.97 Å². The van der Waals surface area contributed by atoms with Crippen LogP contribution in [-0.4, -0.2) is 44.7 Å². The number of ether oxygens (including phenoxy) is 2. The van der Waals surface area contributed by atoms with Gasteiger partial charge < -0.3 is 20.3 Å². The predicted molar refractivity (Wildman–Crippen MR) is 51.2 cm³/mol. The molecule has 4 nitrogen and oxygen atoms in total. The van der Waals surface area contributed by atoms with Crippen molar-refractivity contribution in [2.24, 2.45) is 5.73 Å². The van der Waals surface area contributed by atoms with E-state index in [4.69, 9.17) is 20.3 Å². The van der Waals surface area contributed by atoms with Gasteiger partial charge in [-0.05, 0) is 0 Å². The van der Waals surface area contributed by atoms with Gasteiger partial charge in [-0.2, -0.15) is 0 Å². The molecule has 78 valence electrons. The highest BCUT2D eigenvalue weighted by molar-refractivity contribution is 4.32. The van der Waals surface area contributed by atoms with E-state index < -0.39 is 0 Å². The molecule has 0 aliphatic rings. The number of nitrogens with two attached hydrogens (primary N) is 1. The first-order valence-electron chi connectivity index (χ1n) is 4.38. The summed E-state index contributed by atoms with van der Waals surface area (Å²) in [5.41, 5.74) is 5.16. The van der Waals surface area contributed by atoms with E-state index in [1.165, 1.54) is 0 Å². The maximum Gasteiger partial charge on any atom is 0.0701 e. The SMILES string of the molecule is CC.NCCOCCOCCO.[HH]. The molecule has 0 rings (SSSR count). The largest absolute Gasteiger partial charge is 0.394 e. The minimum atomic E-state index is 0. The van der Waals surface area contributed by atoms with E-state index in [1.54, 1.807) is 0 Å². The fourth-order valence-electron chi connectivity index (χ4n) is 0.470. The second kappa shape index (κ2) is 17.1. The first kappa shape index (κ1) is 14.4. The summed E-state index contributed by atoms with van der Waals surface area (Å²) in [6, 6.07) is 0. The Kier molecular flexibility index (Phi) is 20.4. The van der Waals surface area contributed by atoms with E-state index in [-0.39, 0.29) is 8.03 Å². The summed E-state index contributed by atoms with van der Waals surface area (Å²) in [6.45, 7) is 6.64. The van der Waals surface area contributed by atoms with Gasteiger partial charge in [-0.1, -0.05) is 13.8 Å². The fraction of sp³-hybridized carbons (Fsp3) is 1.00. The summed E-state index contributed by atoms with van der Waals surface area (Å²) in [6.07, 6.45) is 0. The van der Waals surface area contributed by atoms with Crippen LogP contribution in [0.5, 0.6) is 0 Å². The zero-order valence-electron chi connectivity index (χ0n) is 8.08. The van der Waals surface area contributed by atoms with E-state index in [1.807, 2.05) is 13.8 Å². The normalized spacial score (nSPS) is 9.00. The molecule has 4 heteroatoms. The van der Waals surface area contributed by atoms with Crippen LogP contribution in [0.3, 0.4) is 0 Å². The van der Waals surface area contributed by atoms with E-state index in [0.29, 0.717) is 33.0 Å². The molecule has 0 amide bonds. The molecule has 0 spiro atoms. The highest BCUT2D eigenvalue weighted by atomic mass is 16.5. The van der Waals surface area contributed by atoms with Crippen molar-refractivity contribution >= 4 is 0 Å². The molecule has 0 saturated heterocycles. The van der Waals surface area contributed by atoms with Crippen LogP contribution in [0.2, 0.25) is 0 Å². The molecular weight excluding hydrogens is 158 g/mol. The third-order valence-electron chi connectivity index (χ3n) is 0.870. The Morgan fingerprint density at radius 1 is 1.08 bits per heavy atom. The van der Waals surface area contributed by atoms with Crippen molar-refractivity contribution in [1.29, 1.82) is 0 Å². The first-order chi connectivity index (χ1) is 5.91. The molecule has 0 heterocycles. The molecular formula is C8H23NO3. The van der Waals surface area contributed by atoms with Crippen molar-refractivity contribution in [3.8, 4) is 0 Å². The zero-order valence-corrected chi connectivity index (χ0v) is 8.08. The lowest BCUT2D eigenvalue weighted by Gasteiger charge is -2.02. The van der Waals surface area contributed by atoms with Gasteiger partial charge >= 0.3 is 0 Å². The molecule has 0 aliphatic carbocycles. The number of hydrogen-bond acceptors (Lipinski definition) is 4. The first-order valence-corrected chi connectivity index (χ1v) is 4.38. The second-order valence-corrected chi connectivity index (χ2v) is 1.74. The molecule has 0 aromatic carbocycles. The van der Waals surface area contributed by atoms with Crippen molar-refractivity contribution in [2.45, 2.75) is 13.8 Å². The van der Waals surface area contributed by atoms with Gasteiger partial charge in [0.1, 0.15) is 0 Å². The highest BCUT2D eigenvalue weighted by Crippen LogP contribution is 1.76. The van der Waals surface area contributed by atoms with Gasteiger partial charge in [0.25, 0.3) is 0 Å². The van der Waals surface area contributed by atoms with Gasteiger partial charge in [0.15, 0.2) is 0 Å². The fourth-order valence-corrected chi connectivity index (χ4v) is 0.470. The Labute approximate surface area is 76.1 Å². The number of rotatable bonds is 7. The maximum absolute atomic E-state index is 8.28.